The lowest BCUT2D eigenvalue weighted by molar-refractivity contribution is -0.138. The maximum Gasteiger partial charge on any atom is 0.226 e. The van der Waals surface area contributed by atoms with E-state index in [9.17, 15) is 9.59 Å². The number of carbonyl (C=O) groups is 2. The van der Waals surface area contributed by atoms with Crippen LogP contribution in [0.15, 0.2) is 0 Å². The van der Waals surface area contributed by atoms with Crippen LogP contribution in [0.4, 0.5) is 0 Å². The Balaban J connectivity index is 1.75. The van der Waals surface area contributed by atoms with E-state index < -0.39 is 0 Å². The monoisotopic (exact) mass is 295 g/mol. The number of nitrogens with zero attached hydrogens (tertiary/aromatic N) is 1. The van der Waals surface area contributed by atoms with E-state index in [-0.39, 0.29) is 23.7 Å². The van der Waals surface area contributed by atoms with Crippen molar-refractivity contribution in [2.75, 3.05) is 19.6 Å². The first kappa shape index (κ1) is 16.3. The van der Waals surface area contributed by atoms with Crippen molar-refractivity contribution in [2.45, 2.75) is 57.9 Å². The highest BCUT2D eigenvalue weighted by atomic mass is 16.2. The van der Waals surface area contributed by atoms with E-state index in [2.05, 4.69) is 5.32 Å². The molecule has 2 aliphatic rings. The van der Waals surface area contributed by atoms with Crippen LogP contribution in [0.3, 0.4) is 0 Å². The lowest BCUT2D eigenvalue weighted by Gasteiger charge is -2.34. The van der Waals surface area contributed by atoms with Gasteiger partial charge in [0.2, 0.25) is 11.8 Å². The van der Waals surface area contributed by atoms with Gasteiger partial charge in [0, 0.05) is 37.5 Å². The van der Waals surface area contributed by atoms with Gasteiger partial charge in [-0.2, -0.15) is 0 Å². The number of hydrogen-bond acceptors (Lipinski definition) is 3. The molecule has 120 valence electrons. The molecule has 5 nitrogen and oxygen atoms in total. The predicted octanol–water partition coefficient (Wildman–Crippen LogP) is 1.27. The Labute approximate surface area is 127 Å². The summed E-state index contributed by atoms with van der Waals surface area (Å²) in [5, 5.41) is 3.20. The summed E-state index contributed by atoms with van der Waals surface area (Å²) in [6, 6.07) is 0.378. The Hall–Kier alpha value is -1.10. The number of nitrogens with one attached hydrogen (secondary N) is 1. The van der Waals surface area contributed by atoms with Crippen molar-refractivity contribution in [2.24, 2.45) is 17.6 Å². The summed E-state index contributed by atoms with van der Waals surface area (Å²) in [6.07, 6.45) is 7.56. The Morgan fingerprint density at radius 3 is 2.33 bits per heavy atom. The molecular weight excluding hydrogens is 266 g/mol. The second-order valence-electron chi connectivity index (χ2n) is 6.58. The van der Waals surface area contributed by atoms with Gasteiger partial charge in [0.05, 0.1) is 0 Å². The molecule has 1 atom stereocenters. The molecule has 0 aromatic rings. The second kappa shape index (κ2) is 7.78. The molecule has 0 aromatic carbocycles. The topological polar surface area (TPSA) is 75.4 Å². The molecule has 0 bridgehead atoms. The molecule has 5 heteroatoms. The van der Waals surface area contributed by atoms with Crippen LogP contribution in [0.5, 0.6) is 0 Å². The molecule has 2 amide bonds. The Morgan fingerprint density at radius 2 is 1.76 bits per heavy atom. The molecule has 1 unspecified atom stereocenters. The van der Waals surface area contributed by atoms with Crippen LogP contribution in [0.1, 0.15) is 51.9 Å². The minimum Gasteiger partial charge on any atom is -0.353 e. The molecule has 1 saturated heterocycles. The van der Waals surface area contributed by atoms with E-state index in [1.165, 1.54) is 19.3 Å². The number of amides is 2. The largest absolute Gasteiger partial charge is 0.353 e. The Morgan fingerprint density at radius 1 is 1.14 bits per heavy atom. The van der Waals surface area contributed by atoms with E-state index in [1.54, 1.807) is 0 Å². The number of rotatable bonds is 4. The van der Waals surface area contributed by atoms with Gasteiger partial charge in [0.25, 0.3) is 0 Å². The second-order valence-corrected chi connectivity index (χ2v) is 6.58. The van der Waals surface area contributed by atoms with Crippen LogP contribution in [0.2, 0.25) is 0 Å². The summed E-state index contributed by atoms with van der Waals surface area (Å²) in [5.74, 6) is 0.284. The van der Waals surface area contributed by atoms with Crippen molar-refractivity contribution in [1.29, 1.82) is 0 Å². The van der Waals surface area contributed by atoms with Crippen LogP contribution in [-0.2, 0) is 9.59 Å². The molecule has 1 aliphatic carbocycles. The highest BCUT2D eigenvalue weighted by molar-refractivity contribution is 5.81. The van der Waals surface area contributed by atoms with Gasteiger partial charge in [0.1, 0.15) is 0 Å². The summed E-state index contributed by atoms with van der Waals surface area (Å²) in [5.41, 5.74) is 5.55. The third kappa shape index (κ3) is 4.43. The minimum atomic E-state index is -0.113. The van der Waals surface area contributed by atoms with Crippen molar-refractivity contribution in [3.63, 3.8) is 0 Å². The summed E-state index contributed by atoms with van der Waals surface area (Å²) >= 11 is 0. The van der Waals surface area contributed by atoms with E-state index in [0.717, 1.165) is 25.7 Å². The smallest absolute Gasteiger partial charge is 0.226 e. The van der Waals surface area contributed by atoms with E-state index in [0.29, 0.717) is 25.7 Å². The van der Waals surface area contributed by atoms with Gasteiger partial charge >= 0.3 is 0 Å². The first-order valence-electron chi connectivity index (χ1n) is 8.41. The van der Waals surface area contributed by atoms with Gasteiger partial charge in [-0.15, -0.1) is 0 Å². The Kier molecular flexibility index (Phi) is 6.03. The summed E-state index contributed by atoms with van der Waals surface area (Å²) in [6.45, 7) is 3.63. The van der Waals surface area contributed by atoms with Gasteiger partial charge in [-0.1, -0.05) is 26.2 Å². The van der Waals surface area contributed by atoms with Crippen LogP contribution in [-0.4, -0.2) is 42.4 Å². The lowest BCUT2D eigenvalue weighted by Crippen LogP contribution is -2.47. The van der Waals surface area contributed by atoms with Crippen LogP contribution in [0.25, 0.3) is 0 Å². The van der Waals surface area contributed by atoms with Crippen molar-refractivity contribution < 1.29 is 9.59 Å². The van der Waals surface area contributed by atoms with Crippen molar-refractivity contribution in [3.05, 3.63) is 0 Å². The minimum absolute atomic E-state index is 0.0733. The van der Waals surface area contributed by atoms with Gasteiger partial charge in [-0.3, -0.25) is 9.59 Å². The SMILES string of the molecule is CC(CN)C(=O)N1CCC(C(=O)NC2CCCCC2)CC1. The zero-order valence-corrected chi connectivity index (χ0v) is 13.1. The predicted molar refractivity (Wildman–Crippen MR) is 82.5 cm³/mol. The number of piperidine rings is 1. The third-order valence-electron chi connectivity index (χ3n) is 4.90. The van der Waals surface area contributed by atoms with E-state index >= 15 is 0 Å². The quantitative estimate of drug-likeness (QED) is 0.820. The van der Waals surface area contributed by atoms with Crippen LogP contribution < -0.4 is 11.1 Å². The first-order chi connectivity index (χ1) is 10.1. The van der Waals surface area contributed by atoms with Crippen LogP contribution in [0, 0.1) is 11.8 Å². The first-order valence-corrected chi connectivity index (χ1v) is 8.41. The molecule has 1 saturated carbocycles. The zero-order chi connectivity index (χ0) is 15.2. The number of hydrogen-bond donors (Lipinski definition) is 2. The summed E-state index contributed by atoms with van der Waals surface area (Å²) < 4.78 is 0. The fourth-order valence-corrected chi connectivity index (χ4v) is 3.34. The average molecular weight is 295 g/mol. The van der Waals surface area contributed by atoms with Crippen LogP contribution >= 0.6 is 0 Å². The average Bonchev–Trinajstić information content (AvgIpc) is 2.54. The number of nitrogens with two attached hydrogens (primary N) is 1. The molecule has 21 heavy (non-hydrogen) atoms. The molecule has 1 aliphatic heterocycles. The van der Waals surface area contributed by atoms with Crippen molar-refractivity contribution >= 4 is 11.8 Å². The molecule has 0 spiro atoms. The fourth-order valence-electron chi connectivity index (χ4n) is 3.34. The maximum atomic E-state index is 12.3. The molecule has 2 rings (SSSR count). The van der Waals surface area contributed by atoms with Gasteiger partial charge in [0.15, 0.2) is 0 Å². The molecule has 0 aromatic heterocycles. The van der Waals surface area contributed by atoms with Crippen molar-refractivity contribution in [3.8, 4) is 0 Å². The normalized spacial score (nSPS) is 22.9. The molecule has 3 N–H and O–H groups in total. The van der Waals surface area contributed by atoms with E-state index in [1.807, 2.05) is 11.8 Å². The summed E-state index contributed by atoms with van der Waals surface area (Å²) in [4.78, 5) is 26.2. The maximum absolute atomic E-state index is 12.3. The van der Waals surface area contributed by atoms with E-state index in [4.69, 9.17) is 5.73 Å². The fraction of sp³-hybridized carbons (Fsp3) is 0.875. The molecule has 1 heterocycles. The molecule has 2 fully saturated rings. The third-order valence-corrected chi connectivity index (χ3v) is 4.90. The Bertz CT molecular complexity index is 359. The van der Waals surface area contributed by atoms with Gasteiger partial charge in [-0.05, 0) is 25.7 Å². The van der Waals surface area contributed by atoms with Gasteiger partial charge in [-0.25, -0.2) is 0 Å². The molecular formula is C16H29N3O2. The number of carbonyl (C=O) groups excluding carboxylic acids is 2. The summed E-state index contributed by atoms with van der Waals surface area (Å²) in [7, 11) is 0. The van der Waals surface area contributed by atoms with Crippen molar-refractivity contribution in [1.82, 2.24) is 10.2 Å². The number of likely N-dealkylation sites (tertiary alicyclic amines) is 1. The van der Waals surface area contributed by atoms with Gasteiger partial charge < -0.3 is 16.0 Å². The zero-order valence-electron chi connectivity index (χ0n) is 13.1. The lowest BCUT2D eigenvalue weighted by atomic mass is 9.92. The standard InChI is InChI=1S/C16H29N3O2/c1-12(11-17)16(21)19-9-7-13(8-10-19)15(20)18-14-5-3-2-4-6-14/h12-14H,2-11,17H2,1H3,(H,18,20). The molecule has 0 radical (unpaired) electrons. The highest BCUT2D eigenvalue weighted by Gasteiger charge is 2.29. The highest BCUT2D eigenvalue weighted by Crippen LogP contribution is 2.21.